The Kier molecular flexibility index (Phi) is 8.92. The quantitative estimate of drug-likeness (QED) is 0.430. The molecule has 150 valence electrons. The van der Waals surface area contributed by atoms with Crippen molar-refractivity contribution in [2.45, 2.75) is 32.0 Å². The summed E-state index contributed by atoms with van der Waals surface area (Å²) in [5, 5.41) is 0. The highest BCUT2D eigenvalue weighted by molar-refractivity contribution is 5.70. The molecular formula is C24H32N2O2. The number of esters is 1. The van der Waals surface area contributed by atoms with Crippen LogP contribution in [0.5, 0.6) is 0 Å². The maximum Gasteiger partial charge on any atom is 0.307 e. The summed E-state index contributed by atoms with van der Waals surface area (Å²) in [6.07, 6.45) is 2.27. The lowest BCUT2D eigenvalue weighted by Gasteiger charge is -2.36. The number of nitrogens with zero attached hydrogens (tertiary/aromatic N) is 2. The molecule has 0 saturated carbocycles. The number of likely N-dealkylation sites (N-methyl/N-ethyl adjacent to an activating group) is 1. The molecule has 0 unspecified atom stereocenters. The van der Waals surface area contributed by atoms with Crippen LogP contribution < -0.4 is 0 Å². The van der Waals surface area contributed by atoms with Crippen LogP contribution >= 0.6 is 0 Å². The Bertz CT molecular complexity index is 718. The Hall–Kier alpha value is -2.43. The molecule has 0 saturated heterocycles. The molecule has 0 aliphatic rings. The largest absolute Gasteiger partial charge is 0.469 e. The van der Waals surface area contributed by atoms with Gasteiger partial charge >= 0.3 is 5.97 Å². The molecule has 0 heterocycles. The smallest absolute Gasteiger partial charge is 0.307 e. The molecule has 0 aliphatic carbocycles. The van der Waals surface area contributed by atoms with Crippen molar-refractivity contribution in [1.82, 2.24) is 9.80 Å². The van der Waals surface area contributed by atoms with Gasteiger partial charge in [0.05, 0.1) is 13.5 Å². The minimum atomic E-state index is -0.185. The molecular weight excluding hydrogens is 348 g/mol. The molecule has 0 radical (unpaired) electrons. The van der Waals surface area contributed by atoms with Crippen LogP contribution in [-0.2, 0) is 16.1 Å². The van der Waals surface area contributed by atoms with E-state index in [1.807, 2.05) is 18.2 Å². The maximum absolute atomic E-state index is 12.1. The molecule has 0 bridgehead atoms. The van der Waals surface area contributed by atoms with Gasteiger partial charge in [-0.2, -0.15) is 0 Å². The number of methoxy groups -OCH3 is 1. The summed E-state index contributed by atoms with van der Waals surface area (Å²) in [5.74, 6) is -0.185. The summed E-state index contributed by atoms with van der Waals surface area (Å²) in [5.41, 5.74) is 2.48. The fourth-order valence-corrected chi connectivity index (χ4v) is 3.42. The highest BCUT2D eigenvalue weighted by atomic mass is 16.5. The van der Waals surface area contributed by atoms with Gasteiger partial charge in [0.15, 0.2) is 0 Å². The predicted molar refractivity (Wildman–Crippen MR) is 115 cm³/mol. The van der Waals surface area contributed by atoms with Gasteiger partial charge in [0.1, 0.15) is 0 Å². The number of carbonyl (C=O) groups is 1. The van der Waals surface area contributed by atoms with Crippen molar-refractivity contribution in [3.63, 3.8) is 0 Å². The number of carbonyl (C=O) groups excluding carboxylic acids is 1. The second-order valence-corrected chi connectivity index (χ2v) is 7.15. The van der Waals surface area contributed by atoms with Gasteiger partial charge in [-0.3, -0.25) is 14.6 Å². The molecule has 0 aliphatic heterocycles. The fourth-order valence-electron chi connectivity index (χ4n) is 3.42. The van der Waals surface area contributed by atoms with E-state index in [1.54, 1.807) is 0 Å². The van der Waals surface area contributed by atoms with Gasteiger partial charge in [0.25, 0.3) is 0 Å². The zero-order chi connectivity index (χ0) is 20.4. The van der Waals surface area contributed by atoms with E-state index >= 15 is 0 Å². The standard InChI is InChI=1S/C24H32N2O2/c1-5-16-26(18-21-12-8-6-9-13-21)19-23(17-24(27)28-4)25(3)20(2)22-14-10-7-11-15-22/h5-15,20,23H,1,16-19H2,2-4H3/t20-,23+/m0/s1. The minimum Gasteiger partial charge on any atom is -0.469 e. The van der Waals surface area contributed by atoms with E-state index in [0.29, 0.717) is 6.42 Å². The Balaban J connectivity index is 2.17. The topological polar surface area (TPSA) is 32.8 Å². The highest BCUT2D eigenvalue weighted by Gasteiger charge is 2.26. The van der Waals surface area contributed by atoms with Crippen LogP contribution in [0.4, 0.5) is 0 Å². The molecule has 0 aromatic heterocycles. The third kappa shape index (κ3) is 6.63. The zero-order valence-corrected chi connectivity index (χ0v) is 17.3. The first-order valence-electron chi connectivity index (χ1n) is 9.76. The maximum atomic E-state index is 12.1. The lowest BCUT2D eigenvalue weighted by atomic mass is 10.0. The summed E-state index contributed by atoms with van der Waals surface area (Å²) in [4.78, 5) is 16.7. The SMILES string of the molecule is C=CCN(Cc1ccccc1)C[C@@H](CC(=O)OC)N(C)[C@@H](C)c1ccccc1. The number of ether oxygens (including phenoxy) is 1. The minimum absolute atomic E-state index is 0.0336. The van der Waals surface area contributed by atoms with Gasteiger partial charge in [-0.1, -0.05) is 66.7 Å². The van der Waals surface area contributed by atoms with E-state index < -0.39 is 0 Å². The molecule has 2 rings (SSSR count). The molecule has 4 heteroatoms. The van der Waals surface area contributed by atoms with Crippen LogP contribution in [0.3, 0.4) is 0 Å². The van der Waals surface area contributed by atoms with Crippen LogP contribution in [-0.4, -0.2) is 49.1 Å². The number of hydrogen-bond donors (Lipinski definition) is 0. The van der Waals surface area contributed by atoms with Gasteiger partial charge in [0, 0.05) is 31.7 Å². The first-order chi connectivity index (χ1) is 13.5. The molecule has 0 fully saturated rings. The third-order valence-corrected chi connectivity index (χ3v) is 5.20. The number of benzene rings is 2. The zero-order valence-electron chi connectivity index (χ0n) is 17.3. The van der Waals surface area contributed by atoms with E-state index in [4.69, 9.17) is 4.74 Å². The van der Waals surface area contributed by atoms with Gasteiger partial charge in [-0.05, 0) is 25.1 Å². The molecule has 0 amide bonds. The molecule has 2 atom stereocenters. The average Bonchev–Trinajstić information content (AvgIpc) is 2.73. The van der Waals surface area contributed by atoms with E-state index in [1.165, 1.54) is 18.2 Å². The van der Waals surface area contributed by atoms with E-state index in [2.05, 4.69) is 78.9 Å². The highest BCUT2D eigenvalue weighted by Crippen LogP contribution is 2.23. The molecule has 4 nitrogen and oxygen atoms in total. The second kappa shape index (κ2) is 11.4. The van der Waals surface area contributed by atoms with Crippen molar-refractivity contribution in [2.24, 2.45) is 0 Å². The molecule has 28 heavy (non-hydrogen) atoms. The summed E-state index contributed by atoms with van der Waals surface area (Å²) in [6.45, 7) is 8.42. The molecule has 2 aromatic carbocycles. The lowest BCUT2D eigenvalue weighted by Crippen LogP contribution is -2.44. The van der Waals surface area contributed by atoms with Crippen LogP contribution in [0, 0.1) is 0 Å². The van der Waals surface area contributed by atoms with Crippen molar-refractivity contribution in [3.8, 4) is 0 Å². The Morgan fingerprint density at radius 2 is 1.71 bits per heavy atom. The van der Waals surface area contributed by atoms with Crippen LogP contribution in [0.25, 0.3) is 0 Å². The molecule has 0 N–H and O–H groups in total. The van der Waals surface area contributed by atoms with Crippen molar-refractivity contribution in [1.29, 1.82) is 0 Å². The van der Waals surface area contributed by atoms with Gasteiger partial charge in [-0.15, -0.1) is 6.58 Å². The van der Waals surface area contributed by atoms with Crippen molar-refractivity contribution in [3.05, 3.63) is 84.4 Å². The van der Waals surface area contributed by atoms with Crippen LogP contribution in [0.1, 0.15) is 30.5 Å². The van der Waals surface area contributed by atoms with E-state index in [-0.39, 0.29) is 18.1 Å². The van der Waals surface area contributed by atoms with E-state index in [0.717, 1.165) is 19.6 Å². The Morgan fingerprint density at radius 3 is 2.29 bits per heavy atom. The van der Waals surface area contributed by atoms with Crippen LogP contribution in [0.2, 0.25) is 0 Å². The van der Waals surface area contributed by atoms with Crippen molar-refractivity contribution in [2.75, 3.05) is 27.2 Å². The first kappa shape index (κ1) is 21.9. The number of hydrogen-bond acceptors (Lipinski definition) is 4. The first-order valence-corrected chi connectivity index (χ1v) is 9.76. The average molecular weight is 381 g/mol. The van der Waals surface area contributed by atoms with Gasteiger partial charge < -0.3 is 4.74 Å². The van der Waals surface area contributed by atoms with Crippen molar-refractivity contribution < 1.29 is 9.53 Å². The predicted octanol–water partition coefficient (Wildman–Crippen LogP) is 4.30. The summed E-state index contributed by atoms with van der Waals surface area (Å²) >= 11 is 0. The van der Waals surface area contributed by atoms with Gasteiger partial charge in [0.2, 0.25) is 0 Å². The fraction of sp³-hybridized carbons (Fsp3) is 0.375. The van der Waals surface area contributed by atoms with E-state index in [9.17, 15) is 4.79 Å². The normalized spacial score (nSPS) is 13.3. The molecule has 2 aromatic rings. The number of rotatable bonds is 11. The second-order valence-electron chi connectivity index (χ2n) is 7.15. The summed E-state index contributed by atoms with van der Waals surface area (Å²) < 4.78 is 4.97. The monoisotopic (exact) mass is 380 g/mol. The summed E-state index contributed by atoms with van der Waals surface area (Å²) in [7, 11) is 3.53. The summed E-state index contributed by atoms with van der Waals surface area (Å²) in [6, 6.07) is 21.0. The molecule has 0 spiro atoms. The van der Waals surface area contributed by atoms with Crippen molar-refractivity contribution >= 4 is 5.97 Å². The third-order valence-electron chi connectivity index (χ3n) is 5.20. The Labute approximate surface area is 169 Å². The Morgan fingerprint density at radius 1 is 1.11 bits per heavy atom. The van der Waals surface area contributed by atoms with Crippen LogP contribution in [0.15, 0.2) is 73.3 Å². The van der Waals surface area contributed by atoms with Gasteiger partial charge in [-0.25, -0.2) is 0 Å². The lowest BCUT2D eigenvalue weighted by molar-refractivity contribution is -0.142.